The van der Waals surface area contributed by atoms with Crippen molar-refractivity contribution in [3.8, 4) is 11.5 Å². The SMILES string of the molecule is CC(SCCOC(=O)NC[C@H](N)C(=O)O)c1cc2c(cc1[N+](=O)[O-])OCO2. The highest BCUT2D eigenvalue weighted by Crippen LogP contribution is 2.43. The van der Waals surface area contributed by atoms with Gasteiger partial charge >= 0.3 is 12.1 Å². The van der Waals surface area contributed by atoms with E-state index in [0.717, 1.165) is 0 Å². The number of benzene rings is 1. The van der Waals surface area contributed by atoms with Gasteiger partial charge in [0.25, 0.3) is 5.69 Å². The van der Waals surface area contributed by atoms with Gasteiger partial charge in [-0.3, -0.25) is 14.9 Å². The van der Waals surface area contributed by atoms with E-state index in [1.54, 1.807) is 13.0 Å². The van der Waals surface area contributed by atoms with Crippen LogP contribution in [0.5, 0.6) is 11.5 Å². The number of nitro groups is 1. The Morgan fingerprint density at radius 2 is 2.11 bits per heavy atom. The number of aliphatic carboxylic acids is 1. The first-order valence-electron chi connectivity index (χ1n) is 7.88. The third kappa shape index (κ3) is 5.62. The minimum absolute atomic E-state index is 0.0198. The van der Waals surface area contributed by atoms with E-state index in [2.05, 4.69) is 5.32 Å². The van der Waals surface area contributed by atoms with Crippen molar-refractivity contribution in [3.05, 3.63) is 27.8 Å². The van der Waals surface area contributed by atoms with Crippen molar-refractivity contribution in [2.24, 2.45) is 5.73 Å². The lowest BCUT2D eigenvalue weighted by Crippen LogP contribution is -2.42. The molecular weight excluding hydrogens is 382 g/mol. The number of thioether (sulfide) groups is 1. The number of hydrogen-bond donors (Lipinski definition) is 3. The normalized spacial score (nSPS) is 14.3. The van der Waals surface area contributed by atoms with Crippen LogP contribution in [-0.2, 0) is 9.53 Å². The van der Waals surface area contributed by atoms with Crippen LogP contribution < -0.4 is 20.5 Å². The zero-order valence-electron chi connectivity index (χ0n) is 14.4. The summed E-state index contributed by atoms with van der Waals surface area (Å²) in [5.74, 6) is -0.0637. The molecule has 0 aliphatic carbocycles. The summed E-state index contributed by atoms with van der Waals surface area (Å²) in [5.41, 5.74) is 5.66. The smallest absolute Gasteiger partial charge is 0.407 e. The van der Waals surface area contributed by atoms with Crippen molar-refractivity contribution in [2.45, 2.75) is 18.2 Å². The molecule has 1 aromatic rings. The molecule has 1 unspecified atom stereocenters. The maximum atomic E-state index is 11.4. The second kappa shape index (κ2) is 9.28. The van der Waals surface area contributed by atoms with Crippen molar-refractivity contribution in [1.82, 2.24) is 5.32 Å². The number of rotatable bonds is 9. The van der Waals surface area contributed by atoms with Crippen molar-refractivity contribution in [2.75, 3.05) is 25.7 Å². The van der Waals surface area contributed by atoms with Gasteiger partial charge < -0.3 is 30.4 Å². The summed E-state index contributed by atoms with van der Waals surface area (Å²) in [6, 6.07) is 1.71. The highest BCUT2D eigenvalue weighted by molar-refractivity contribution is 7.99. The first kappa shape index (κ1) is 20.6. The molecule has 0 saturated carbocycles. The average Bonchev–Trinajstić information content (AvgIpc) is 3.09. The fraction of sp³-hybridized carbons (Fsp3) is 0.467. The molecule has 12 heteroatoms. The molecule has 27 heavy (non-hydrogen) atoms. The van der Waals surface area contributed by atoms with Gasteiger partial charge in [0.2, 0.25) is 6.79 Å². The van der Waals surface area contributed by atoms with Gasteiger partial charge in [0.1, 0.15) is 12.6 Å². The number of fused-ring (bicyclic) bond motifs is 1. The molecule has 1 aliphatic rings. The summed E-state index contributed by atoms with van der Waals surface area (Å²) in [6.45, 7) is 1.61. The van der Waals surface area contributed by atoms with Crippen LogP contribution >= 0.6 is 11.8 Å². The van der Waals surface area contributed by atoms with Gasteiger partial charge in [0, 0.05) is 23.1 Å². The highest BCUT2D eigenvalue weighted by atomic mass is 32.2. The Morgan fingerprint density at radius 3 is 2.74 bits per heavy atom. The Bertz CT molecular complexity index is 729. The van der Waals surface area contributed by atoms with E-state index in [1.807, 2.05) is 0 Å². The molecule has 11 nitrogen and oxygen atoms in total. The van der Waals surface area contributed by atoms with Crippen LogP contribution in [0.2, 0.25) is 0 Å². The van der Waals surface area contributed by atoms with E-state index in [9.17, 15) is 19.7 Å². The van der Waals surface area contributed by atoms with E-state index >= 15 is 0 Å². The lowest BCUT2D eigenvalue weighted by molar-refractivity contribution is -0.385. The molecule has 0 aromatic heterocycles. The van der Waals surface area contributed by atoms with Crippen molar-refractivity contribution in [1.29, 1.82) is 0 Å². The number of nitrogens with two attached hydrogens (primary N) is 1. The summed E-state index contributed by atoms with van der Waals surface area (Å²) >= 11 is 1.35. The molecule has 148 valence electrons. The van der Waals surface area contributed by atoms with E-state index in [-0.39, 0.29) is 30.9 Å². The second-order valence-corrected chi connectivity index (χ2v) is 6.94. The predicted octanol–water partition coefficient (Wildman–Crippen LogP) is 1.26. The van der Waals surface area contributed by atoms with Gasteiger partial charge in [0.15, 0.2) is 11.5 Å². The maximum Gasteiger partial charge on any atom is 0.407 e. The monoisotopic (exact) mass is 401 g/mol. The Hall–Kier alpha value is -2.73. The third-order valence-electron chi connectivity index (χ3n) is 3.62. The van der Waals surface area contributed by atoms with Crippen LogP contribution in [0.4, 0.5) is 10.5 Å². The summed E-state index contributed by atoms with van der Waals surface area (Å²) < 4.78 is 15.3. The zero-order valence-corrected chi connectivity index (χ0v) is 15.2. The standard InChI is InChI=1S/C15H19N3O8S/c1-8(27-3-2-24-15(21)17-6-10(16)14(19)20)9-4-12-13(26-7-25-12)5-11(9)18(22)23/h4-5,8,10H,2-3,6-7,16H2,1H3,(H,17,21)(H,19,20)/t8?,10-/m0/s1. The number of carboxylic acids is 1. The van der Waals surface area contributed by atoms with Crippen LogP contribution in [0, 0.1) is 10.1 Å². The molecule has 1 aromatic carbocycles. The molecule has 1 amide bonds. The van der Waals surface area contributed by atoms with Crippen LogP contribution in [0.1, 0.15) is 17.7 Å². The van der Waals surface area contributed by atoms with Gasteiger partial charge in [-0.1, -0.05) is 0 Å². The zero-order chi connectivity index (χ0) is 20.0. The quantitative estimate of drug-likeness (QED) is 0.312. The molecule has 0 bridgehead atoms. The van der Waals surface area contributed by atoms with E-state index in [0.29, 0.717) is 22.8 Å². The minimum Gasteiger partial charge on any atom is -0.480 e. The van der Waals surface area contributed by atoms with Crippen LogP contribution in [0.25, 0.3) is 0 Å². The Morgan fingerprint density at radius 1 is 1.44 bits per heavy atom. The first-order valence-corrected chi connectivity index (χ1v) is 8.93. The number of nitrogens with one attached hydrogen (secondary N) is 1. The summed E-state index contributed by atoms with van der Waals surface area (Å²) in [5, 5.41) is 21.9. The number of hydrogen-bond acceptors (Lipinski definition) is 9. The predicted molar refractivity (Wildman–Crippen MR) is 95.1 cm³/mol. The number of nitrogens with zero attached hydrogens (tertiary/aromatic N) is 1. The van der Waals surface area contributed by atoms with E-state index in [1.165, 1.54) is 17.8 Å². The van der Waals surface area contributed by atoms with E-state index in [4.69, 9.17) is 25.1 Å². The number of ether oxygens (including phenoxy) is 3. The maximum absolute atomic E-state index is 11.4. The largest absolute Gasteiger partial charge is 0.480 e. The molecular formula is C15H19N3O8S. The number of carbonyl (C=O) groups is 2. The average molecular weight is 401 g/mol. The number of carboxylic acid groups (broad SMARTS) is 1. The number of nitro benzene ring substituents is 1. The summed E-state index contributed by atoms with van der Waals surface area (Å²) in [4.78, 5) is 32.8. The van der Waals surface area contributed by atoms with Crippen molar-refractivity contribution in [3.63, 3.8) is 0 Å². The Labute approximate surface area is 158 Å². The minimum atomic E-state index is -1.23. The molecule has 2 rings (SSSR count). The lowest BCUT2D eigenvalue weighted by Gasteiger charge is -2.13. The fourth-order valence-electron chi connectivity index (χ4n) is 2.21. The van der Waals surface area contributed by atoms with Gasteiger partial charge in [0.05, 0.1) is 11.0 Å². The topological polar surface area (TPSA) is 163 Å². The first-order chi connectivity index (χ1) is 12.8. The van der Waals surface area contributed by atoms with Crippen LogP contribution in [0.15, 0.2) is 12.1 Å². The van der Waals surface area contributed by atoms with Gasteiger partial charge in [-0.15, -0.1) is 0 Å². The molecule has 0 saturated heterocycles. The van der Waals surface area contributed by atoms with Gasteiger partial charge in [-0.2, -0.15) is 11.8 Å². The molecule has 2 atom stereocenters. The van der Waals surface area contributed by atoms with E-state index < -0.39 is 23.0 Å². The molecule has 4 N–H and O–H groups in total. The molecule has 0 radical (unpaired) electrons. The number of amides is 1. The second-order valence-electron chi connectivity index (χ2n) is 5.50. The highest BCUT2D eigenvalue weighted by Gasteiger charge is 2.26. The van der Waals surface area contributed by atoms with Crippen LogP contribution in [-0.4, -0.2) is 53.8 Å². The van der Waals surface area contributed by atoms with Crippen molar-refractivity contribution >= 4 is 29.5 Å². The summed E-state index contributed by atoms with van der Waals surface area (Å²) in [7, 11) is 0. The van der Waals surface area contributed by atoms with Crippen molar-refractivity contribution < 1.29 is 33.8 Å². The molecule has 0 fully saturated rings. The molecule has 1 heterocycles. The van der Waals surface area contributed by atoms with Gasteiger partial charge in [-0.25, -0.2) is 4.79 Å². The third-order valence-corrected chi connectivity index (χ3v) is 4.78. The fourth-order valence-corrected chi connectivity index (χ4v) is 3.11. The number of carbonyl (C=O) groups excluding carboxylic acids is 1. The Balaban J connectivity index is 1.82. The number of alkyl carbamates (subject to hydrolysis) is 1. The molecule has 0 spiro atoms. The summed E-state index contributed by atoms with van der Waals surface area (Å²) in [6.07, 6.45) is -0.783. The van der Waals surface area contributed by atoms with Crippen LogP contribution in [0.3, 0.4) is 0 Å². The lowest BCUT2D eigenvalue weighted by atomic mass is 10.1. The van der Waals surface area contributed by atoms with Gasteiger partial charge in [-0.05, 0) is 13.0 Å². The Kier molecular flexibility index (Phi) is 7.07. The molecule has 1 aliphatic heterocycles.